The lowest BCUT2D eigenvalue weighted by Crippen LogP contribution is -2.43. The van der Waals surface area contributed by atoms with Crippen molar-refractivity contribution in [2.24, 2.45) is 11.8 Å². The van der Waals surface area contributed by atoms with Crippen LogP contribution < -0.4 is 0 Å². The van der Waals surface area contributed by atoms with Crippen LogP contribution in [0.25, 0.3) is 0 Å². The number of rotatable bonds is 2. The zero-order chi connectivity index (χ0) is 13.1. The molecule has 0 aromatic rings. The molecule has 1 fully saturated rings. The summed E-state index contributed by atoms with van der Waals surface area (Å²) in [6.45, 7) is 12.0. The van der Waals surface area contributed by atoms with Gasteiger partial charge < -0.3 is 9.64 Å². The molecular weight excluding hydrogens is 214 g/mol. The van der Waals surface area contributed by atoms with E-state index in [9.17, 15) is 4.79 Å². The summed E-state index contributed by atoms with van der Waals surface area (Å²) in [6, 6.07) is 0. The van der Waals surface area contributed by atoms with Crippen molar-refractivity contribution in [3.05, 3.63) is 0 Å². The number of piperidine rings is 1. The minimum absolute atomic E-state index is 0.147. The Hall–Kier alpha value is -0.730. The first-order valence-corrected chi connectivity index (χ1v) is 6.76. The Morgan fingerprint density at radius 1 is 1.41 bits per heavy atom. The Balaban J connectivity index is 2.46. The van der Waals surface area contributed by atoms with E-state index in [-0.39, 0.29) is 11.7 Å². The van der Waals surface area contributed by atoms with Crippen molar-refractivity contribution in [1.29, 1.82) is 0 Å². The van der Waals surface area contributed by atoms with Crippen molar-refractivity contribution in [2.75, 3.05) is 13.1 Å². The standard InChI is InChI=1S/C14H27NO2/c1-11(2)9-12-7-6-8-15(10-12)13(16)17-14(3,4)5/h11-12H,6-10H2,1-5H3. The maximum atomic E-state index is 11.9. The monoisotopic (exact) mass is 241 g/mol. The number of amides is 1. The van der Waals surface area contributed by atoms with E-state index in [2.05, 4.69) is 13.8 Å². The quantitative estimate of drug-likeness (QED) is 0.738. The average Bonchev–Trinajstić information content (AvgIpc) is 2.14. The number of ether oxygens (including phenoxy) is 1. The summed E-state index contributed by atoms with van der Waals surface area (Å²) < 4.78 is 5.42. The maximum Gasteiger partial charge on any atom is 0.410 e. The van der Waals surface area contributed by atoms with Crippen LogP contribution in [0.15, 0.2) is 0 Å². The van der Waals surface area contributed by atoms with Crippen molar-refractivity contribution >= 4 is 6.09 Å². The number of hydrogen-bond donors (Lipinski definition) is 0. The van der Waals surface area contributed by atoms with Gasteiger partial charge in [0.1, 0.15) is 5.60 Å². The fraction of sp³-hybridized carbons (Fsp3) is 0.929. The molecule has 17 heavy (non-hydrogen) atoms. The smallest absolute Gasteiger partial charge is 0.410 e. The zero-order valence-corrected chi connectivity index (χ0v) is 12.0. The minimum Gasteiger partial charge on any atom is -0.444 e. The van der Waals surface area contributed by atoms with Crippen LogP contribution in [-0.4, -0.2) is 29.7 Å². The van der Waals surface area contributed by atoms with Crippen molar-refractivity contribution in [1.82, 2.24) is 4.90 Å². The van der Waals surface area contributed by atoms with Gasteiger partial charge in [0.15, 0.2) is 0 Å². The third-order valence-corrected chi connectivity index (χ3v) is 2.98. The van der Waals surface area contributed by atoms with Crippen LogP contribution >= 0.6 is 0 Å². The molecule has 100 valence electrons. The Kier molecular flexibility index (Phi) is 4.84. The molecule has 1 aliphatic heterocycles. The molecule has 0 aliphatic carbocycles. The van der Waals surface area contributed by atoms with Gasteiger partial charge in [-0.1, -0.05) is 13.8 Å². The van der Waals surface area contributed by atoms with Crippen LogP contribution in [0.5, 0.6) is 0 Å². The van der Waals surface area contributed by atoms with E-state index < -0.39 is 0 Å². The van der Waals surface area contributed by atoms with E-state index in [1.54, 1.807) is 0 Å². The summed E-state index contributed by atoms with van der Waals surface area (Å²) in [5, 5.41) is 0. The molecule has 0 radical (unpaired) electrons. The zero-order valence-electron chi connectivity index (χ0n) is 12.0. The third-order valence-electron chi connectivity index (χ3n) is 2.98. The largest absolute Gasteiger partial charge is 0.444 e. The van der Waals surface area contributed by atoms with Crippen LogP contribution in [0.3, 0.4) is 0 Å². The number of carbonyl (C=O) groups is 1. The summed E-state index contributed by atoms with van der Waals surface area (Å²) in [4.78, 5) is 13.8. The van der Waals surface area contributed by atoms with Gasteiger partial charge in [-0.2, -0.15) is 0 Å². The van der Waals surface area contributed by atoms with E-state index >= 15 is 0 Å². The normalized spacial score (nSPS) is 21.8. The van der Waals surface area contributed by atoms with Gasteiger partial charge in [-0.3, -0.25) is 0 Å². The second-order valence-corrected chi connectivity index (χ2v) is 6.56. The molecule has 1 atom stereocenters. The lowest BCUT2D eigenvalue weighted by Gasteiger charge is -2.34. The summed E-state index contributed by atoms with van der Waals surface area (Å²) in [5.41, 5.74) is -0.387. The first kappa shape index (κ1) is 14.3. The minimum atomic E-state index is -0.387. The van der Waals surface area contributed by atoms with Crippen molar-refractivity contribution in [2.45, 2.75) is 59.5 Å². The highest BCUT2D eigenvalue weighted by molar-refractivity contribution is 5.68. The fourth-order valence-electron chi connectivity index (χ4n) is 2.42. The molecule has 0 N–H and O–H groups in total. The maximum absolute atomic E-state index is 11.9. The number of nitrogens with zero attached hydrogens (tertiary/aromatic N) is 1. The molecule has 1 saturated heterocycles. The Morgan fingerprint density at radius 2 is 2.06 bits per heavy atom. The Bertz CT molecular complexity index is 255. The van der Waals surface area contributed by atoms with Crippen LogP contribution in [0.4, 0.5) is 4.79 Å². The predicted octanol–water partition coefficient (Wildman–Crippen LogP) is 3.68. The predicted molar refractivity (Wildman–Crippen MR) is 70.0 cm³/mol. The number of likely N-dealkylation sites (tertiary alicyclic amines) is 1. The highest BCUT2D eigenvalue weighted by Gasteiger charge is 2.27. The van der Waals surface area contributed by atoms with Crippen LogP contribution in [0, 0.1) is 11.8 Å². The van der Waals surface area contributed by atoms with Crippen molar-refractivity contribution in [3.63, 3.8) is 0 Å². The molecule has 1 amide bonds. The van der Waals surface area contributed by atoms with Gasteiger partial charge in [0.05, 0.1) is 0 Å². The molecule has 1 rings (SSSR count). The number of hydrogen-bond acceptors (Lipinski definition) is 2. The lowest BCUT2D eigenvalue weighted by molar-refractivity contribution is 0.0155. The third kappa shape index (κ3) is 5.42. The van der Waals surface area contributed by atoms with Gasteiger partial charge in [0.2, 0.25) is 0 Å². The molecule has 1 aliphatic rings. The van der Waals surface area contributed by atoms with E-state index in [0.717, 1.165) is 19.5 Å². The highest BCUT2D eigenvalue weighted by atomic mass is 16.6. The Labute approximate surface area is 106 Å². The van der Waals surface area contributed by atoms with Gasteiger partial charge in [0.25, 0.3) is 0 Å². The molecule has 0 saturated carbocycles. The fourth-order valence-corrected chi connectivity index (χ4v) is 2.42. The average molecular weight is 241 g/mol. The van der Waals surface area contributed by atoms with Gasteiger partial charge in [-0.15, -0.1) is 0 Å². The summed E-state index contributed by atoms with van der Waals surface area (Å²) in [6.07, 6.45) is 3.42. The molecule has 1 heterocycles. The van der Waals surface area contributed by atoms with Gasteiger partial charge in [-0.05, 0) is 51.9 Å². The molecule has 3 nitrogen and oxygen atoms in total. The molecule has 0 bridgehead atoms. The van der Waals surface area contributed by atoms with Crippen molar-refractivity contribution in [3.8, 4) is 0 Å². The first-order chi connectivity index (χ1) is 7.78. The highest BCUT2D eigenvalue weighted by Crippen LogP contribution is 2.24. The molecule has 1 unspecified atom stereocenters. The van der Waals surface area contributed by atoms with Crippen molar-refractivity contribution < 1.29 is 9.53 Å². The van der Waals surface area contributed by atoms with E-state index in [1.165, 1.54) is 12.8 Å². The topological polar surface area (TPSA) is 29.5 Å². The number of carbonyl (C=O) groups excluding carboxylic acids is 1. The van der Waals surface area contributed by atoms with Gasteiger partial charge in [0, 0.05) is 13.1 Å². The Morgan fingerprint density at radius 3 is 2.59 bits per heavy atom. The van der Waals surface area contributed by atoms with Crippen LogP contribution in [0.2, 0.25) is 0 Å². The summed E-state index contributed by atoms with van der Waals surface area (Å²) in [5.74, 6) is 1.36. The second kappa shape index (κ2) is 5.74. The lowest BCUT2D eigenvalue weighted by atomic mass is 9.90. The SMILES string of the molecule is CC(C)CC1CCCN(C(=O)OC(C)(C)C)C1. The summed E-state index contributed by atoms with van der Waals surface area (Å²) in [7, 11) is 0. The summed E-state index contributed by atoms with van der Waals surface area (Å²) >= 11 is 0. The van der Waals surface area contributed by atoms with E-state index in [1.807, 2.05) is 25.7 Å². The van der Waals surface area contributed by atoms with Crippen LogP contribution in [-0.2, 0) is 4.74 Å². The van der Waals surface area contributed by atoms with Gasteiger partial charge >= 0.3 is 6.09 Å². The van der Waals surface area contributed by atoms with Gasteiger partial charge in [-0.25, -0.2) is 4.79 Å². The molecule has 0 aromatic heterocycles. The van der Waals surface area contributed by atoms with E-state index in [0.29, 0.717) is 11.8 Å². The van der Waals surface area contributed by atoms with Crippen LogP contribution in [0.1, 0.15) is 53.9 Å². The molecular formula is C14H27NO2. The first-order valence-electron chi connectivity index (χ1n) is 6.76. The molecule has 3 heteroatoms. The molecule has 0 spiro atoms. The second-order valence-electron chi connectivity index (χ2n) is 6.56. The van der Waals surface area contributed by atoms with E-state index in [4.69, 9.17) is 4.74 Å². The molecule has 0 aromatic carbocycles.